The second kappa shape index (κ2) is 15.3. The Morgan fingerprint density at radius 1 is 0.583 bits per heavy atom. The van der Waals surface area contributed by atoms with Crippen LogP contribution >= 0.6 is 23.2 Å². The van der Waals surface area contributed by atoms with Crippen LogP contribution in [0, 0.1) is 0 Å². The molecule has 0 unspecified atom stereocenters. The Morgan fingerprint density at radius 3 is 1.17 bits per heavy atom. The average Bonchev–Trinajstić information content (AvgIpc) is 3.01. The van der Waals surface area contributed by atoms with Crippen LogP contribution in [0.1, 0.15) is 27.7 Å². The van der Waals surface area contributed by atoms with E-state index in [2.05, 4.69) is 0 Å². The highest BCUT2D eigenvalue weighted by molar-refractivity contribution is 6.30. The van der Waals surface area contributed by atoms with Crippen molar-refractivity contribution in [2.24, 2.45) is 0 Å². The Hall–Kier alpha value is -4.24. The van der Waals surface area contributed by atoms with Crippen LogP contribution in [-0.2, 0) is 38.2 Å². The van der Waals surface area contributed by atoms with Gasteiger partial charge in [0.25, 0.3) is 0 Å². The van der Waals surface area contributed by atoms with Crippen LogP contribution in [0.25, 0.3) is 0 Å². The highest BCUT2D eigenvalue weighted by Crippen LogP contribution is 2.23. The van der Waals surface area contributed by atoms with Gasteiger partial charge in [0.15, 0.2) is 24.7 Å². The number of hydrogen-bond acceptors (Lipinski definition) is 12. The zero-order valence-electron chi connectivity index (χ0n) is 26.9. The fourth-order valence-electron chi connectivity index (χ4n) is 4.66. The number of benzene rings is 2. The molecule has 0 N–H and O–H groups in total. The van der Waals surface area contributed by atoms with E-state index in [0.29, 0.717) is 21.5 Å². The minimum absolute atomic E-state index is 0.139. The molecule has 2 aliphatic rings. The molecule has 0 spiro atoms. The molecule has 2 saturated heterocycles. The molecule has 0 aromatic heterocycles. The molecule has 16 heteroatoms. The number of piperazine rings is 2. The van der Waals surface area contributed by atoms with Gasteiger partial charge in [-0.05, 0) is 76.2 Å². The van der Waals surface area contributed by atoms with Crippen LogP contribution in [-0.4, -0.2) is 119 Å². The molecule has 0 radical (unpaired) electrons. The first kappa shape index (κ1) is 36.6. The molecule has 2 fully saturated rings. The van der Waals surface area contributed by atoms with E-state index < -0.39 is 60.2 Å². The summed E-state index contributed by atoms with van der Waals surface area (Å²) in [6.45, 7) is 4.69. The number of rotatable bonds is 13. The van der Waals surface area contributed by atoms with Gasteiger partial charge in [0.05, 0.1) is 26.2 Å². The summed E-state index contributed by atoms with van der Waals surface area (Å²) >= 11 is 11.8. The van der Waals surface area contributed by atoms with Gasteiger partial charge < -0.3 is 18.9 Å². The van der Waals surface area contributed by atoms with E-state index >= 15 is 0 Å². The molecule has 258 valence electrons. The highest BCUT2D eigenvalue weighted by atomic mass is 35.5. The summed E-state index contributed by atoms with van der Waals surface area (Å²) in [6, 6.07) is 12.8. The third-order valence-electron chi connectivity index (χ3n) is 7.38. The van der Waals surface area contributed by atoms with Gasteiger partial charge >= 0.3 is 11.9 Å². The van der Waals surface area contributed by atoms with E-state index in [-0.39, 0.29) is 39.3 Å². The van der Waals surface area contributed by atoms with Gasteiger partial charge in [0, 0.05) is 23.1 Å². The summed E-state index contributed by atoms with van der Waals surface area (Å²) in [7, 11) is 0. The fraction of sp³-hybridized carbons (Fsp3) is 0.438. The van der Waals surface area contributed by atoms with Crippen molar-refractivity contribution in [2.75, 3.05) is 52.7 Å². The van der Waals surface area contributed by atoms with E-state index in [9.17, 15) is 28.8 Å². The van der Waals surface area contributed by atoms with Gasteiger partial charge in [-0.3, -0.25) is 29.0 Å². The Bertz CT molecular complexity index is 1400. The van der Waals surface area contributed by atoms with Gasteiger partial charge in [0.1, 0.15) is 11.5 Å². The van der Waals surface area contributed by atoms with Crippen molar-refractivity contribution in [1.82, 2.24) is 19.6 Å². The molecule has 0 saturated carbocycles. The average molecular weight is 708 g/mol. The topological polar surface area (TPSA) is 152 Å². The number of ether oxygens (including phenoxy) is 4. The van der Waals surface area contributed by atoms with Crippen molar-refractivity contribution in [3.05, 3.63) is 58.6 Å². The summed E-state index contributed by atoms with van der Waals surface area (Å²) < 4.78 is 21.8. The third-order valence-corrected chi connectivity index (χ3v) is 7.88. The van der Waals surface area contributed by atoms with Crippen molar-refractivity contribution >= 4 is 58.8 Å². The maximum Gasteiger partial charge on any atom is 0.351 e. The summed E-state index contributed by atoms with van der Waals surface area (Å²) in [6.07, 6.45) is 0. The molecule has 14 nitrogen and oxygen atoms in total. The normalized spacial score (nSPS) is 16.6. The summed E-state index contributed by atoms with van der Waals surface area (Å²) in [5.41, 5.74) is -2.82. The molecule has 0 bridgehead atoms. The van der Waals surface area contributed by atoms with E-state index in [0.717, 1.165) is 9.80 Å². The van der Waals surface area contributed by atoms with E-state index in [1.54, 1.807) is 58.3 Å². The van der Waals surface area contributed by atoms with Gasteiger partial charge in [-0.2, -0.15) is 0 Å². The molecular formula is C32H36Cl2N4O10. The monoisotopic (exact) mass is 706 g/mol. The van der Waals surface area contributed by atoms with E-state index in [1.165, 1.54) is 27.7 Å². The van der Waals surface area contributed by atoms with Crippen molar-refractivity contribution < 1.29 is 47.7 Å². The molecule has 4 amide bonds. The molecular weight excluding hydrogens is 671 g/mol. The first-order chi connectivity index (χ1) is 22.5. The van der Waals surface area contributed by atoms with Crippen molar-refractivity contribution in [3.63, 3.8) is 0 Å². The second-order valence-electron chi connectivity index (χ2n) is 12.1. The molecule has 0 atom stereocenters. The minimum Gasteiger partial charge on any atom is -0.476 e. The quantitative estimate of drug-likeness (QED) is 0.222. The van der Waals surface area contributed by atoms with Gasteiger partial charge in [-0.15, -0.1) is 0 Å². The maximum atomic E-state index is 12.8. The summed E-state index contributed by atoms with van der Waals surface area (Å²) in [5, 5.41) is 1.00. The number of halogens is 2. The molecule has 2 aromatic carbocycles. The molecule has 2 heterocycles. The predicted molar refractivity (Wildman–Crippen MR) is 171 cm³/mol. The van der Waals surface area contributed by atoms with Gasteiger partial charge in [0.2, 0.25) is 23.6 Å². The molecule has 2 aliphatic heterocycles. The number of nitrogens with zero attached hydrogens (tertiary/aromatic N) is 4. The number of imide groups is 2. The lowest BCUT2D eigenvalue weighted by atomic mass is 10.1. The Morgan fingerprint density at radius 2 is 0.875 bits per heavy atom. The zero-order valence-corrected chi connectivity index (χ0v) is 28.4. The lowest BCUT2D eigenvalue weighted by Gasteiger charge is -2.36. The van der Waals surface area contributed by atoms with Crippen LogP contribution in [0.3, 0.4) is 0 Å². The smallest absolute Gasteiger partial charge is 0.351 e. The number of amides is 4. The third kappa shape index (κ3) is 9.66. The van der Waals surface area contributed by atoms with Crippen molar-refractivity contribution in [1.29, 1.82) is 0 Å². The van der Waals surface area contributed by atoms with Gasteiger partial charge in [-0.1, -0.05) is 23.2 Å². The summed E-state index contributed by atoms with van der Waals surface area (Å²) in [5.74, 6) is -3.08. The number of esters is 2. The SMILES string of the molecule is CC(C)(Oc1ccc(Cl)cc1)C(=O)OCN1C(=O)CN(CCN2CC(=O)N(COC(=O)C(C)(C)Oc3ccc(Cl)cc3)C(=O)C2)CC1=O. The minimum atomic E-state index is -1.41. The predicted octanol–water partition coefficient (Wildman–Crippen LogP) is 2.35. The zero-order chi connectivity index (χ0) is 35.2. The van der Waals surface area contributed by atoms with Crippen LogP contribution in [0.2, 0.25) is 10.0 Å². The van der Waals surface area contributed by atoms with Crippen LogP contribution < -0.4 is 9.47 Å². The standard InChI is InChI=1S/C32H36Cl2N4O10/c1-31(2,47-23-9-5-21(33)6-10-23)29(43)45-19-37-25(39)15-35(16-26(37)40)13-14-36-17-27(41)38(28(42)18-36)20-46-30(44)32(3,4)48-24-11-7-22(34)8-12-24/h5-12H,13-20H2,1-4H3. The lowest BCUT2D eigenvalue weighted by molar-refractivity contribution is -0.174. The molecule has 48 heavy (non-hydrogen) atoms. The Balaban J connectivity index is 1.19. The fourth-order valence-corrected chi connectivity index (χ4v) is 4.91. The largest absolute Gasteiger partial charge is 0.476 e. The number of carbonyl (C=O) groups excluding carboxylic acids is 6. The van der Waals surface area contributed by atoms with Crippen LogP contribution in [0.5, 0.6) is 11.5 Å². The van der Waals surface area contributed by atoms with Crippen molar-refractivity contribution in [2.45, 2.75) is 38.9 Å². The highest BCUT2D eigenvalue weighted by Gasteiger charge is 2.38. The first-order valence-electron chi connectivity index (χ1n) is 14.9. The maximum absolute atomic E-state index is 12.8. The van der Waals surface area contributed by atoms with Crippen LogP contribution in [0.4, 0.5) is 0 Å². The summed E-state index contributed by atoms with van der Waals surface area (Å²) in [4.78, 5) is 81.2. The molecule has 4 rings (SSSR count). The second-order valence-corrected chi connectivity index (χ2v) is 13.0. The molecule has 0 aliphatic carbocycles. The number of carbonyl (C=O) groups is 6. The van der Waals surface area contributed by atoms with Gasteiger partial charge in [-0.25, -0.2) is 19.4 Å². The Kier molecular flexibility index (Phi) is 11.7. The Labute approximate surface area is 287 Å². The lowest BCUT2D eigenvalue weighted by Crippen LogP contribution is -2.58. The van der Waals surface area contributed by atoms with Crippen LogP contribution in [0.15, 0.2) is 48.5 Å². The van der Waals surface area contributed by atoms with E-state index in [1.807, 2.05) is 0 Å². The number of hydrogen-bond donors (Lipinski definition) is 0. The van der Waals surface area contributed by atoms with Crippen molar-refractivity contribution in [3.8, 4) is 11.5 Å². The van der Waals surface area contributed by atoms with E-state index in [4.69, 9.17) is 42.1 Å². The molecule has 2 aromatic rings. The first-order valence-corrected chi connectivity index (χ1v) is 15.6.